The van der Waals surface area contributed by atoms with E-state index < -0.39 is 18.5 Å². The Balaban J connectivity index is 2.50. The first kappa shape index (κ1) is 9.92. The van der Waals surface area contributed by atoms with Crippen molar-refractivity contribution in [3.63, 3.8) is 0 Å². The summed E-state index contributed by atoms with van der Waals surface area (Å²) < 4.78 is 10.0. The third-order valence-corrected chi connectivity index (χ3v) is 2.37. The quantitative estimate of drug-likeness (QED) is 0.581. The number of aliphatic hydroxyl groups excluding tert-OH is 2. The average Bonchev–Trinajstić information content (AvgIpc) is 2.34. The van der Waals surface area contributed by atoms with Crippen molar-refractivity contribution in [1.82, 2.24) is 0 Å². The first-order chi connectivity index (χ1) is 5.69. The Morgan fingerprint density at radius 1 is 1.17 bits per heavy atom. The van der Waals surface area contributed by atoms with Crippen molar-refractivity contribution < 1.29 is 19.7 Å². The van der Waals surface area contributed by atoms with Gasteiger partial charge in [0, 0.05) is 20.1 Å². The van der Waals surface area contributed by atoms with Crippen LogP contribution in [-0.4, -0.2) is 42.9 Å². The molecule has 0 aromatic carbocycles. The van der Waals surface area contributed by atoms with Gasteiger partial charge in [0.05, 0.1) is 12.2 Å². The lowest BCUT2D eigenvalue weighted by Crippen LogP contribution is -2.30. The van der Waals surface area contributed by atoms with Gasteiger partial charge < -0.3 is 19.7 Å². The number of methoxy groups -OCH3 is 2. The van der Waals surface area contributed by atoms with Crippen molar-refractivity contribution in [2.75, 3.05) is 14.2 Å². The topological polar surface area (TPSA) is 58.9 Å². The molecule has 0 aliphatic heterocycles. The van der Waals surface area contributed by atoms with E-state index in [1.54, 1.807) is 0 Å². The molecule has 3 unspecified atom stereocenters. The van der Waals surface area contributed by atoms with E-state index >= 15 is 0 Å². The minimum absolute atomic E-state index is 0.102. The summed E-state index contributed by atoms with van der Waals surface area (Å²) in [4.78, 5) is 0. The van der Waals surface area contributed by atoms with Crippen LogP contribution in [0.4, 0.5) is 0 Å². The van der Waals surface area contributed by atoms with Crippen LogP contribution in [0, 0.1) is 5.92 Å². The van der Waals surface area contributed by atoms with Gasteiger partial charge in [0.25, 0.3) is 0 Å². The van der Waals surface area contributed by atoms with Gasteiger partial charge in [-0.3, -0.25) is 0 Å². The molecule has 0 aromatic rings. The Labute approximate surface area is 72.1 Å². The zero-order chi connectivity index (χ0) is 9.14. The molecule has 12 heavy (non-hydrogen) atoms. The van der Waals surface area contributed by atoms with Crippen molar-refractivity contribution >= 4 is 0 Å². The maximum Gasteiger partial charge on any atom is 0.162 e. The fourth-order valence-electron chi connectivity index (χ4n) is 1.76. The predicted molar refractivity (Wildman–Crippen MR) is 42.5 cm³/mol. The van der Waals surface area contributed by atoms with E-state index in [2.05, 4.69) is 0 Å². The van der Waals surface area contributed by atoms with E-state index in [1.807, 2.05) is 0 Å². The molecule has 0 aromatic heterocycles. The van der Waals surface area contributed by atoms with Crippen LogP contribution >= 0.6 is 0 Å². The summed E-state index contributed by atoms with van der Waals surface area (Å²) in [6.45, 7) is 0. The first-order valence-electron chi connectivity index (χ1n) is 4.10. The molecule has 4 heteroatoms. The smallest absolute Gasteiger partial charge is 0.162 e. The SMILES string of the molecule is COC(OC)C1CC(O)CC1O. The highest BCUT2D eigenvalue weighted by molar-refractivity contribution is 4.84. The predicted octanol–water partition coefficient (Wildman–Crippen LogP) is -0.263. The number of ether oxygens (including phenoxy) is 2. The molecule has 0 radical (unpaired) electrons. The fourth-order valence-corrected chi connectivity index (χ4v) is 1.76. The van der Waals surface area contributed by atoms with Gasteiger partial charge in [0.1, 0.15) is 0 Å². The van der Waals surface area contributed by atoms with Gasteiger partial charge in [-0.05, 0) is 12.8 Å². The minimum Gasteiger partial charge on any atom is -0.393 e. The number of hydrogen-bond acceptors (Lipinski definition) is 4. The van der Waals surface area contributed by atoms with E-state index in [1.165, 1.54) is 14.2 Å². The molecule has 72 valence electrons. The molecule has 1 aliphatic carbocycles. The van der Waals surface area contributed by atoms with Crippen LogP contribution < -0.4 is 0 Å². The van der Waals surface area contributed by atoms with Gasteiger partial charge in [-0.2, -0.15) is 0 Å². The molecule has 1 fully saturated rings. The third-order valence-electron chi connectivity index (χ3n) is 2.37. The summed E-state index contributed by atoms with van der Waals surface area (Å²) in [5.74, 6) is -0.102. The lowest BCUT2D eigenvalue weighted by atomic mass is 10.1. The monoisotopic (exact) mass is 176 g/mol. The summed E-state index contributed by atoms with van der Waals surface area (Å²) in [5.41, 5.74) is 0. The van der Waals surface area contributed by atoms with E-state index in [9.17, 15) is 10.2 Å². The molecule has 0 bridgehead atoms. The highest BCUT2D eigenvalue weighted by atomic mass is 16.7. The van der Waals surface area contributed by atoms with Gasteiger partial charge in [-0.25, -0.2) is 0 Å². The van der Waals surface area contributed by atoms with Crippen LogP contribution in [-0.2, 0) is 9.47 Å². The summed E-state index contributed by atoms with van der Waals surface area (Å²) in [5, 5.41) is 18.7. The largest absolute Gasteiger partial charge is 0.393 e. The molecule has 4 nitrogen and oxygen atoms in total. The Kier molecular flexibility index (Phi) is 3.46. The minimum atomic E-state index is -0.509. The van der Waals surface area contributed by atoms with Gasteiger partial charge >= 0.3 is 0 Å². The van der Waals surface area contributed by atoms with E-state index in [-0.39, 0.29) is 5.92 Å². The third kappa shape index (κ3) is 1.95. The van der Waals surface area contributed by atoms with Crippen LogP contribution in [0.15, 0.2) is 0 Å². The van der Waals surface area contributed by atoms with Crippen molar-refractivity contribution in [2.45, 2.75) is 31.3 Å². The van der Waals surface area contributed by atoms with Gasteiger partial charge in [0.15, 0.2) is 6.29 Å². The first-order valence-corrected chi connectivity index (χ1v) is 4.10. The summed E-state index contributed by atoms with van der Waals surface area (Å²) in [6.07, 6.45) is -0.360. The van der Waals surface area contributed by atoms with Crippen molar-refractivity contribution in [3.8, 4) is 0 Å². The molecule has 1 aliphatic rings. The maximum absolute atomic E-state index is 9.47. The molecular weight excluding hydrogens is 160 g/mol. The van der Waals surface area contributed by atoms with Crippen LogP contribution in [0.3, 0.4) is 0 Å². The lowest BCUT2D eigenvalue weighted by Gasteiger charge is -2.22. The molecule has 0 spiro atoms. The standard InChI is InChI=1S/C8H16O4/c1-11-8(12-2)6-3-5(9)4-7(6)10/h5-10H,3-4H2,1-2H3. The number of hydrogen-bond donors (Lipinski definition) is 2. The van der Waals surface area contributed by atoms with Crippen LogP contribution in [0.2, 0.25) is 0 Å². The van der Waals surface area contributed by atoms with Crippen molar-refractivity contribution in [2.24, 2.45) is 5.92 Å². The fraction of sp³-hybridized carbons (Fsp3) is 1.00. The number of rotatable bonds is 3. The zero-order valence-corrected chi connectivity index (χ0v) is 7.43. The Hall–Kier alpha value is -0.160. The second-order valence-corrected chi connectivity index (χ2v) is 3.20. The summed E-state index contributed by atoms with van der Waals surface area (Å²) in [6, 6.07) is 0. The van der Waals surface area contributed by atoms with Gasteiger partial charge in [-0.1, -0.05) is 0 Å². The Morgan fingerprint density at radius 3 is 2.08 bits per heavy atom. The van der Waals surface area contributed by atoms with Crippen molar-refractivity contribution in [3.05, 3.63) is 0 Å². The molecular formula is C8H16O4. The second kappa shape index (κ2) is 4.18. The van der Waals surface area contributed by atoms with E-state index in [4.69, 9.17) is 9.47 Å². The number of aliphatic hydroxyl groups is 2. The van der Waals surface area contributed by atoms with Gasteiger partial charge in [0.2, 0.25) is 0 Å². The lowest BCUT2D eigenvalue weighted by molar-refractivity contribution is -0.154. The highest BCUT2D eigenvalue weighted by Crippen LogP contribution is 2.30. The molecule has 1 rings (SSSR count). The van der Waals surface area contributed by atoms with E-state index in [0.717, 1.165) is 0 Å². The maximum atomic E-state index is 9.47. The van der Waals surface area contributed by atoms with Crippen LogP contribution in [0.25, 0.3) is 0 Å². The summed E-state index contributed by atoms with van der Waals surface area (Å²) >= 11 is 0. The molecule has 1 saturated carbocycles. The highest BCUT2D eigenvalue weighted by Gasteiger charge is 2.37. The Bertz CT molecular complexity index is 135. The molecule has 3 atom stereocenters. The van der Waals surface area contributed by atoms with Crippen LogP contribution in [0.5, 0.6) is 0 Å². The van der Waals surface area contributed by atoms with Crippen LogP contribution in [0.1, 0.15) is 12.8 Å². The normalized spacial score (nSPS) is 36.2. The zero-order valence-electron chi connectivity index (χ0n) is 7.43. The molecule has 2 N–H and O–H groups in total. The second-order valence-electron chi connectivity index (χ2n) is 3.20. The molecule has 0 amide bonds. The average molecular weight is 176 g/mol. The Morgan fingerprint density at radius 2 is 1.75 bits per heavy atom. The van der Waals surface area contributed by atoms with Crippen molar-refractivity contribution in [1.29, 1.82) is 0 Å². The van der Waals surface area contributed by atoms with E-state index in [0.29, 0.717) is 12.8 Å². The molecule has 0 heterocycles. The van der Waals surface area contributed by atoms with Gasteiger partial charge in [-0.15, -0.1) is 0 Å². The summed E-state index contributed by atoms with van der Waals surface area (Å²) in [7, 11) is 3.07. The molecule has 0 saturated heterocycles.